The van der Waals surface area contributed by atoms with Gasteiger partial charge < -0.3 is 23.7 Å². The minimum Gasteiger partial charge on any atom is -0.493 e. The van der Waals surface area contributed by atoms with Crippen molar-refractivity contribution in [3.05, 3.63) is 36.5 Å². The first-order chi connectivity index (χ1) is 13.6. The molecule has 0 unspecified atom stereocenters. The molecular weight excluding hydrogens is 362 g/mol. The van der Waals surface area contributed by atoms with Gasteiger partial charge in [0.25, 0.3) is 0 Å². The van der Waals surface area contributed by atoms with Crippen molar-refractivity contribution in [3.63, 3.8) is 0 Å². The number of ether oxygens (including phenoxy) is 5. The second kappa shape index (κ2) is 8.43. The van der Waals surface area contributed by atoms with Crippen LogP contribution in [-0.2, 0) is 0 Å². The first kappa shape index (κ1) is 19.2. The van der Waals surface area contributed by atoms with E-state index in [9.17, 15) is 0 Å². The van der Waals surface area contributed by atoms with E-state index in [1.54, 1.807) is 66.0 Å². The van der Waals surface area contributed by atoms with E-state index in [0.29, 0.717) is 40.3 Å². The SMILES string of the molecule is COc1ccc(-c2ncc(-c3cc(OC)c(OC)c(OC)c3)nn2)cc1OC. The lowest BCUT2D eigenvalue weighted by molar-refractivity contribution is 0.324. The summed E-state index contributed by atoms with van der Waals surface area (Å²) in [5, 5.41) is 8.53. The minimum atomic E-state index is 0.470. The molecule has 0 aliphatic heterocycles. The lowest BCUT2D eigenvalue weighted by Gasteiger charge is -2.13. The molecule has 3 rings (SSSR count). The Bertz CT molecular complexity index is 936. The van der Waals surface area contributed by atoms with Crippen molar-refractivity contribution in [2.24, 2.45) is 0 Å². The third-order valence-electron chi connectivity index (χ3n) is 4.16. The maximum atomic E-state index is 5.38. The molecule has 1 aromatic heterocycles. The average molecular weight is 383 g/mol. The number of aromatic nitrogens is 3. The predicted molar refractivity (Wildman–Crippen MR) is 103 cm³/mol. The number of nitrogens with zero attached hydrogens (tertiary/aromatic N) is 3. The van der Waals surface area contributed by atoms with Gasteiger partial charge >= 0.3 is 0 Å². The number of benzene rings is 2. The topological polar surface area (TPSA) is 84.8 Å². The molecule has 146 valence electrons. The Labute approximate surface area is 163 Å². The van der Waals surface area contributed by atoms with E-state index in [2.05, 4.69) is 15.2 Å². The summed E-state index contributed by atoms with van der Waals surface area (Å²) < 4.78 is 26.7. The van der Waals surface area contributed by atoms with Crippen molar-refractivity contribution in [1.82, 2.24) is 15.2 Å². The molecule has 0 N–H and O–H groups in total. The zero-order valence-electron chi connectivity index (χ0n) is 16.3. The lowest BCUT2D eigenvalue weighted by atomic mass is 10.1. The van der Waals surface area contributed by atoms with Crippen molar-refractivity contribution < 1.29 is 23.7 Å². The lowest BCUT2D eigenvalue weighted by Crippen LogP contribution is -1.98. The van der Waals surface area contributed by atoms with E-state index in [1.165, 1.54) is 0 Å². The van der Waals surface area contributed by atoms with Crippen LogP contribution in [0.15, 0.2) is 36.5 Å². The molecule has 8 heteroatoms. The maximum absolute atomic E-state index is 5.38. The molecule has 28 heavy (non-hydrogen) atoms. The van der Waals surface area contributed by atoms with Gasteiger partial charge in [0, 0.05) is 11.1 Å². The van der Waals surface area contributed by atoms with Gasteiger partial charge in [0.1, 0.15) is 5.69 Å². The number of methoxy groups -OCH3 is 5. The molecule has 3 aromatic rings. The average Bonchev–Trinajstić information content (AvgIpc) is 2.77. The van der Waals surface area contributed by atoms with E-state index in [4.69, 9.17) is 23.7 Å². The highest BCUT2D eigenvalue weighted by atomic mass is 16.5. The molecule has 0 saturated carbocycles. The largest absolute Gasteiger partial charge is 0.493 e. The van der Waals surface area contributed by atoms with Crippen LogP contribution in [0.4, 0.5) is 0 Å². The van der Waals surface area contributed by atoms with Crippen LogP contribution in [0.5, 0.6) is 28.7 Å². The molecule has 0 bridgehead atoms. The molecule has 0 spiro atoms. The summed E-state index contributed by atoms with van der Waals surface area (Å²) in [6.07, 6.45) is 1.64. The summed E-state index contributed by atoms with van der Waals surface area (Å²) in [4.78, 5) is 4.43. The van der Waals surface area contributed by atoms with Crippen LogP contribution in [0.3, 0.4) is 0 Å². The number of rotatable bonds is 7. The van der Waals surface area contributed by atoms with Crippen molar-refractivity contribution >= 4 is 0 Å². The van der Waals surface area contributed by atoms with Crippen LogP contribution in [0.25, 0.3) is 22.6 Å². The van der Waals surface area contributed by atoms with Crippen molar-refractivity contribution in [2.75, 3.05) is 35.5 Å². The summed E-state index contributed by atoms with van der Waals surface area (Å²) in [6, 6.07) is 9.03. The van der Waals surface area contributed by atoms with Gasteiger partial charge in [-0.1, -0.05) is 0 Å². The number of hydrogen-bond acceptors (Lipinski definition) is 8. The van der Waals surface area contributed by atoms with Gasteiger partial charge in [0.2, 0.25) is 5.75 Å². The monoisotopic (exact) mass is 383 g/mol. The van der Waals surface area contributed by atoms with Crippen molar-refractivity contribution in [1.29, 1.82) is 0 Å². The third kappa shape index (κ3) is 3.62. The molecule has 0 radical (unpaired) electrons. The zero-order valence-corrected chi connectivity index (χ0v) is 16.3. The van der Waals surface area contributed by atoms with Crippen LogP contribution >= 0.6 is 0 Å². The summed E-state index contributed by atoms with van der Waals surface area (Å²) in [5.41, 5.74) is 2.08. The van der Waals surface area contributed by atoms with Crippen molar-refractivity contribution in [2.45, 2.75) is 0 Å². The van der Waals surface area contributed by atoms with Gasteiger partial charge in [-0.15, -0.1) is 10.2 Å². The fourth-order valence-electron chi connectivity index (χ4n) is 2.74. The normalized spacial score (nSPS) is 10.3. The van der Waals surface area contributed by atoms with E-state index in [0.717, 1.165) is 11.1 Å². The second-order valence-corrected chi connectivity index (χ2v) is 5.65. The molecule has 0 saturated heterocycles. The molecule has 0 aliphatic rings. The first-order valence-electron chi connectivity index (χ1n) is 8.37. The van der Waals surface area contributed by atoms with E-state index in [-0.39, 0.29) is 0 Å². The molecule has 0 aliphatic carbocycles. The zero-order chi connectivity index (χ0) is 20.1. The van der Waals surface area contributed by atoms with Gasteiger partial charge in [0.15, 0.2) is 28.8 Å². The van der Waals surface area contributed by atoms with Crippen LogP contribution < -0.4 is 23.7 Å². The van der Waals surface area contributed by atoms with Gasteiger partial charge in [-0.05, 0) is 30.3 Å². The first-order valence-corrected chi connectivity index (χ1v) is 8.37. The molecule has 0 amide bonds. The van der Waals surface area contributed by atoms with Crippen LogP contribution in [0.1, 0.15) is 0 Å². The summed E-state index contributed by atoms with van der Waals surface area (Å²) >= 11 is 0. The van der Waals surface area contributed by atoms with E-state index < -0.39 is 0 Å². The standard InChI is InChI=1S/C20H21N3O5/c1-24-15-7-6-12(8-16(15)25-2)20-21-11-14(22-23-20)13-9-17(26-3)19(28-5)18(10-13)27-4/h6-11H,1-5H3. The Kier molecular flexibility index (Phi) is 5.78. The van der Waals surface area contributed by atoms with Crippen molar-refractivity contribution in [3.8, 4) is 51.4 Å². The fraction of sp³-hybridized carbons (Fsp3) is 0.250. The molecule has 0 fully saturated rings. The number of hydrogen-bond donors (Lipinski definition) is 0. The van der Waals surface area contributed by atoms with E-state index >= 15 is 0 Å². The highest BCUT2D eigenvalue weighted by Crippen LogP contribution is 2.40. The molecule has 2 aromatic carbocycles. The Morgan fingerprint density at radius 1 is 0.607 bits per heavy atom. The summed E-state index contributed by atoms with van der Waals surface area (Å²) in [6.45, 7) is 0. The Balaban J connectivity index is 1.97. The molecule has 0 atom stereocenters. The highest BCUT2D eigenvalue weighted by molar-refractivity contribution is 5.69. The molecular formula is C20H21N3O5. The van der Waals surface area contributed by atoms with Gasteiger partial charge in [-0.2, -0.15) is 0 Å². The van der Waals surface area contributed by atoms with Gasteiger partial charge in [-0.25, -0.2) is 4.98 Å². The third-order valence-corrected chi connectivity index (χ3v) is 4.16. The van der Waals surface area contributed by atoms with Gasteiger partial charge in [-0.3, -0.25) is 0 Å². The fourth-order valence-corrected chi connectivity index (χ4v) is 2.74. The summed E-state index contributed by atoms with van der Waals surface area (Å²) in [5.74, 6) is 3.27. The Hall–Kier alpha value is -3.55. The van der Waals surface area contributed by atoms with Crippen LogP contribution in [0, 0.1) is 0 Å². The smallest absolute Gasteiger partial charge is 0.203 e. The minimum absolute atomic E-state index is 0.470. The predicted octanol–water partition coefficient (Wildman–Crippen LogP) is 3.25. The van der Waals surface area contributed by atoms with Crippen LogP contribution in [-0.4, -0.2) is 50.7 Å². The second-order valence-electron chi connectivity index (χ2n) is 5.65. The molecule has 8 nitrogen and oxygen atoms in total. The summed E-state index contributed by atoms with van der Waals surface area (Å²) in [7, 11) is 7.84. The quantitative estimate of drug-likeness (QED) is 0.615. The molecule has 1 heterocycles. The maximum Gasteiger partial charge on any atom is 0.203 e. The Morgan fingerprint density at radius 2 is 1.21 bits per heavy atom. The highest BCUT2D eigenvalue weighted by Gasteiger charge is 2.16. The van der Waals surface area contributed by atoms with E-state index in [1.807, 2.05) is 6.07 Å². The Morgan fingerprint density at radius 3 is 1.71 bits per heavy atom. The van der Waals surface area contributed by atoms with Gasteiger partial charge in [0.05, 0.1) is 41.7 Å². The van der Waals surface area contributed by atoms with Crippen LogP contribution in [0.2, 0.25) is 0 Å².